The molecule has 3 N–H and O–H groups in total. The third kappa shape index (κ3) is 3.69. The van der Waals surface area contributed by atoms with Gasteiger partial charge in [-0.05, 0) is 43.5 Å². The van der Waals surface area contributed by atoms with Crippen molar-refractivity contribution in [2.45, 2.75) is 31.9 Å². The third-order valence-corrected chi connectivity index (χ3v) is 3.71. The van der Waals surface area contributed by atoms with Gasteiger partial charge in [0.05, 0.1) is 19.3 Å². The zero-order valence-electron chi connectivity index (χ0n) is 11.9. The van der Waals surface area contributed by atoms with Crippen LogP contribution in [0, 0.1) is 5.82 Å². The van der Waals surface area contributed by atoms with Gasteiger partial charge >= 0.3 is 0 Å². The second-order valence-electron chi connectivity index (χ2n) is 5.27. The maximum Gasteiger partial charge on any atom is 0.123 e. The van der Waals surface area contributed by atoms with Gasteiger partial charge in [0.15, 0.2) is 0 Å². The number of nitrogens with two attached hydrogens (primary N) is 1. The summed E-state index contributed by atoms with van der Waals surface area (Å²) in [7, 11) is 0. The lowest BCUT2D eigenvalue weighted by atomic mass is 10.0. The van der Waals surface area contributed by atoms with E-state index in [4.69, 9.17) is 15.6 Å². The van der Waals surface area contributed by atoms with Gasteiger partial charge in [0.1, 0.15) is 5.82 Å². The smallest absolute Gasteiger partial charge is 0.123 e. The molecular weight excluding hydrogens is 259 g/mol. The molecule has 20 heavy (non-hydrogen) atoms. The molecule has 1 aromatic rings. The number of aliphatic hydroxyl groups is 1. The average molecular weight is 282 g/mol. The Balaban J connectivity index is 2.03. The number of halogens is 1. The number of anilines is 1. The van der Waals surface area contributed by atoms with Crippen molar-refractivity contribution >= 4 is 5.69 Å². The molecule has 5 heteroatoms. The summed E-state index contributed by atoms with van der Waals surface area (Å²) in [6.07, 6.45) is 2.03. The fraction of sp³-hybridized carbons (Fsp3) is 0.600. The van der Waals surface area contributed by atoms with Gasteiger partial charge in [-0.25, -0.2) is 4.39 Å². The van der Waals surface area contributed by atoms with E-state index in [0.717, 1.165) is 37.2 Å². The Hall–Kier alpha value is -1.17. The van der Waals surface area contributed by atoms with Gasteiger partial charge in [-0.2, -0.15) is 0 Å². The van der Waals surface area contributed by atoms with Crippen LogP contribution in [0.15, 0.2) is 18.2 Å². The molecule has 2 rings (SSSR count). The number of benzene rings is 1. The molecule has 112 valence electrons. The van der Waals surface area contributed by atoms with Crippen LogP contribution in [0.2, 0.25) is 0 Å². The van der Waals surface area contributed by atoms with Crippen LogP contribution in [0.3, 0.4) is 0 Å². The summed E-state index contributed by atoms with van der Waals surface area (Å²) in [6, 6.07) is 4.62. The summed E-state index contributed by atoms with van der Waals surface area (Å²) >= 11 is 0. The Labute approximate surface area is 119 Å². The van der Waals surface area contributed by atoms with E-state index in [1.165, 1.54) is 12.1 Å². The molecule has 0 bridgehead atoms. The number of hydrogen-bond donors (Lipinski definition) is 2. The predicted octanol–water partition coefficient (Wildman–Crippen LogP) is 1.82. The maximum absolute atomic E-state index is 13.4. The van der Waals surface area contributed by atoms with E-state index in [1.807, 2.05) is 13.0 Å². The molecule has 0 aliphatic carbocycles. The molecule has 1 aromatic carbocycles. The van der Waals surface area contributed by atoms with Gasteiger partial charge in [0, 0.05) is 24.8 Å². The Morgan fingerprint density at radius 2 is 2.15 bits per heavy atom. The number of aliphatic hydroxyl groups excluding tert-OH is 1. The summed E-state index contributed by atoms with van der Waals surface area (Å²) in [4.78, 5) is 2.23. The Morgan fingerprint density at radius 1 is 1.45 bits per heavy atom. The topological polar surface area (TPSA) is 58.7 Å². The van der Waals surface area contributed by atoms with Gasteiger partial charge in [-0.3, -0.25) is 0 Å². The van der Waals surface area contributed by atoms with Crippen molar-refractivity contribution in [3.8, 4) is 0 Å². The Morgan fingerprint density at radius 3 is 2.75 bits per heavy atom. The van der Waals surface area contributed by atoms with Gasteiger partial charge in [0.2, 0.25) is 0 Å². The molecular formula is C15H23FN2O2. The first-order chi connectivity index (χ1) is 9.61. The van der Waals surface area contributed by atoms with Crippen molar-refractivity contribution in [3.63, 3.8) is 0 Å². The van der Waals surface area contributed by atoms with Crippen molar-refractivity contribution in [1.29, 1.82) is 0 Å². The van der Waals surface area contributed by atoms with Gasteiger partial charge in [-0.15, -0.1) is 0 Å². The molecule has 1 aliphatic rings. The zero-order valence-corrected chi connectivity index (χ0v) is 11.9. The molecule has 0 saturated carbocycles. The number of rotatable bonds is 5. The Bertz CT molecular complexity index is 432. The third-order valence-electron chi connectivity index (χ3n) is 3.71. The number of nitrogens with zero attached hydrogens (tertiary/aromatic N) is 1. The van der Waals surface area contributed by atoms with Crippen LogP contribution in [-0.4, -0.2) is 37.5 Å². The maximum atomic E-state index is 13.4. The molecule has 1 fully saturated rings. The van der Waals surface area contributed by atoms with Crippen molar-refractivity contribution in [2.24, 2.45) is 5.73 Å². The quantitative estimate of drug-likeness (QED) is 0.865. The van der Waals surface area contributed by atoms with E-state index in [0.29, 0.717) is 6.61 Å². The highest BCUT2D eigenvalue weighted by Crippen LogP contribution is 2.29. The summed E-state index contributed by atoms with van der Waals surface area (Å²) in [5.74, 6) is -0.248. The number of ether oxygens (including phenoxy) is 1. The van der Waals surface area contributed by atoms with E-state index in [2.05, 4.69) is 4.90 Å². The number of hydrogen-bond acceptors (Lipinski definition) is 4. The van der Waals surface area contributed by atoms with Crippen LogP contribution in [0.4, 0.5) is 10.1 Å². The Kier molecular flexibility index (Phi) is 5.34. The van der Waals surface area contributed by atoms with E-state index in [-0.39, 0.29) is 24.6 Å². The zero-order chi connectivity index (χ0) is 14.5. The summed E-state index contributed by atoms with van der Waals surface area (Å²) in [5, 5.41) is 8.77. The highest BCUT2D eigenvalue weighted by Gasteiger charge is 2.22. The van der Waals surface area contributed by atoms with Crippen molar-refractivity contribution in [1.82, 2.24) is 0 Å². The molecule has 1 unspecified atom stereocenters. The highest BCUT2D eigenvalue weighted by atomic mass is 19.1. The lowest BCUT2D eigenvalue weighted by Gasteiger charge is -2.35. The lowest BCUT2D eigenvalue weighted by Crippen LogP contribution is -2.38. The molecule has 1 aliphatic heterocycles. The van der Waals surface area contributed by atoms with Crippen LogP contribution in [0.25, 0.3) is 0 Å². The first-order valence-corrected chi connectivity index (χ1v) is 7.14. The van der Waals surface area contributed by atoms with Crippen LogP contribution in [-0.2, 0) is 4.74 Å². The van der Waals surface area contributed by atoms with E-state index >= 15 is 0 Å². The molecule has 4 nitrogen and oxygen atoms in total. The minimum Gasteiger partial charge on any atom is -0.394 e. The number of piperidine rings is 1. The fourth-order valence-electron chi connectivity index (χ4n) is 2.66. The lowest BCUT2D eigenvalue weighted by molar-refractivity contribution is 0.0159. The van der Waals surface area contributed by atoms with E-state index in [9.17, 15) is 4.39 Å². The van der Waals surface area contributed by atoms with Gasteiger partial charge in [-0.1, -0.05) is 0 Å². The standard InChI is InChI=1S/C15H23FN2O2/c1-11(17)14-10-12(16)2-3-15(14)18-6-4-13(5-7-18)20-9-8-19/h2-3,10-11,13,19H,4-9,17H2,1H3. The van der Waals surface area contributed by atoms with Crippen molar-refractivity contribution in [2.75, 3.05) is 31.2 Å². The van der Waals surface area contributed by atoms with Gasteiger partial charge in [0.25, 0.3) is 0 Å². The minimum absolute atomic E-state index is 0.0625. The SMILES string of the molecule is CC(N)c1cc(F)ccc1N1CCC(OCCO)CC1. The van der Waals surface area contributed by atoms with Crippen molar-refractivity contribution < 1.29 is 14.2 Å². The predicted molar refractivity (Wildman–Crippen MR) is 77.3 cm³/mol. The minimum atomic E-state index is -0.248. The van der Waals surface area contributed by atoms with Crippen LogP contribution >= 0.6 is 0 Å². The summed E-state index contributed by atoms with van der Waals surface area (Å²) in [5.41, 5.74) is 7.80. The molecule has 0 radical (unpaired) electrons. The summed E-state index contributed by atoms with van der Waals surface area (Å²) < 4.78 is 18.9. The summed E-state index contributed by atoms with van der Waals surface area (Å²) in [6.45, 7) is 4.05. The molecule has 0 aromatic heterocycles. The van der Waals surface area contributed by atoms with Crippen LogP contribution < -0.4 is 10.6 Å². The largest absolute Gasteiger partial charge is 0.394 e. The van der Waals surface area contributed by atoms with Crippen LogP contribution in [0.5, 0.6) is 0 Å². The fourth-order valence-corrected chi connectivity index (χ4v) is 2.66. The van der Waals surface area contributed by atoms with E-state index in [1.54, 1.807) is 0 Å². The van der Waals surface area contributed by atoms with Crippen molar-refractivity contribution in [3.05, 3.63) is 29.6 Å². The normalized spacial score (nSPS) is 18.3. The van der Waals surface area contributed by atoms with E-state index < -0.39 is 0 Å². The molecule has 1 saturated heterocycles. The molecule has 0 amide bonds. The second kappa shape index (κ2) is 7.02. The molecule has 1 heterocycles. The average Bonchev–Trinajstić information content (AvgIpc) is 2.45. The second-order valence-corrected chi connectivity index (χ2v) is 5.27. The monoisotopic (exact) mass is 282 g/mol. The molecule has 0 spiro atoms. The molecule has 1 atom stereocenters. The first kappa shape index (κ1) is 15.2. The van der Waals surface area contributed by atoms with Gasteiger partial charge < -0.3 is 20.5 Å². The van der Waals surface area contributed by atoms with Crippen LogP contribution in [0.1, 0.15) is 31.4 Å². The highest BCUT2D eigenvalue weighted by molar-refractivity contribution is 5.55. The first-order valence-electron chi connectivity index (χ1n) is 7.14.